The first-order valence-corrected chi connectivity index (χ1v) is 6.78. The summed E-state index contributed by atoms with van der Waals surface area (Å²) in [6, 6.07) is 3.01. The van der Waals surface area contributed by atoms with Crippen molar-refractivity contribution < 1.29 is 18.3 Å². The Kier molecular flexibility index (Phi) is 5.11. The predicted molar refractivity (Wildman–Crippen MR) is 77.3 cm³/mol. The number of ether oxygens (including phenoxy) is 1. The molecule has 0 amide bonds. The molecule has 21 heavy (non-hydrogen) atoms. The average Bonchev–Trinajstić information content (AvgIpc) is 2.37. The minimum Gasteiger partial charge on any atom is -0.441 e. The zero-order valence-corrected chi connectivity index (χ0v) is 13.0. The lowest BCUT2D eigenvalue weighted by atomic mass is 9.89. The summed E-state index contributed by atoms with van der Waals surface area (Å²) in [4.78, 5) is 12.3. The highest BCUT2D eigenvalue weighted by molar-refractivity contribution is 5.76. The third-order valence-corrected chi connectivity index (χ3v) is 3.51. The summed E-state index contributed by atoms with van der Waals surface area (Å²) in [5.74, 6) is 3.45. The van der Waals surface area contributed by atoms with Gasteiger partial charge in [0, 0.05) is 11.6 Å². The smallest absolute Gasteiger partial charge is 0.313 e. The fourth-order valence-electron chi connectivity index (χ4n) is 1.69. The zero-order chi connectivity index (χ0) is 16.3. The van der Waals surface area contributed by atoms with E-state index in [1.54, 1.807) is 20.8 Å². The first kappa shape index (κ1) is 17.2. The molecule has 0 aliphatic carbocycles. The number of rotatable bonds is 4. The summed E-state index contributed by atoms with van der Waals surface area (Å²) < 4.78 is 32.3. The van der Waals surface area contributed by atoms with Gasteiger partial charge in [-0.25, -0.2) is 8.78 Å². The Morgan fingerprint density at radius 2 is 1.71 bits per heavy atom. The summed E-state index contributed by atoms with van der Waals surface area (Å²) in [7, 11) is 0. The van der Waals surface area contributed by atoms with E-state index in [0.29, 0.717) is 6.42 Å². The summed E-state index contributed by atoms with van der Waals surface area (Å²) in [5.41, 5.74) is -1.90. The van der Waals surface area contributed by atoms with Crippen molar-refractivity contribution in [3.05, 3.63) is 35.4 Å². The number of carbonyl (C=O) groups excluding carboxylic acids is 1. The molecule has 2 nitrogen and oxygen atoms in total. The quantitative estimate of drug-likeness (QED) is 0.615. The fourth-order valence-corrected chi connectivity index (χ4v) is 1.69. The minimum absolute atomic E-state index is 0.176. The van der Waals surface area contributed by atoms with Crippen molar-refractivity contribution in [2.45, 2.75) is 46.6 Å². The van der Waals surface area contributed by atoms with Crippen LogP contribution in [0.3, 0.4) is 0 Å². The maximum absolute atomic E-state index is 13.4. The van der Waals surface area contributed by atoms with Gasteiger partial charge < -0.3 is 4.74 Å². The number of halogens is 2. The van der Waals surface area contributed by atoms with E-state index in [0.717, 1.165) is 18.2 Å². The van der Waals surface area contributed by atoms with E-state index in [1.165, 1.54) is 6.92 Å². The van der Waals surface area contributed by atoms with Crippen molar-refractivity contribution in [3.63, 3.8) is 0 Å². The molecule has 1 aromatic carbocycles. The van der Waals surface area contributed by atoms with Crippen LogP contribution in [-0.4, -0.2) is 5.97 Å². The van der Waals surface area contributed by atoms with Crippen LogP contribution in [0.5, 0.6) is 0 Å². The lowest BCUT2D eigenvalue weighted by molar-refractivity contribution is -0.164. The normalized spacial score (nSPS) is 13.9. The Bertz CT molecular complexity index is 576. The van der Waals surface area contributed by atoms with Crippen LogP contribution in [0.2, 0.25) is 0 Å². The Morgan fingerprint density at radius 3 is 2.14 bits per heavy atom. The van der Waals surface area contributed by atoms with Gasteiger partial charge in [-0.2, -0.15) is 0 Å². The Labute approximate surface area is 124 Å². The Balaban J connectivity index is 3.25. The van der Waals surface area contributed by atoms with Crippen LogP contribution in [0.4, 0.5) is 8.78 Å². The van der Waals surface area contributed by atoms with Crippen molar-refractivity contribution in [2.24, 2.45) is 5.41 Å². The highest BCUT2D eigenvalue weighted by Gasteiger charge is 2.36. The van der Waals surface area contributed by atoms with Gasteiger partial charge in [-0.3, -0.25) is 4.79 Å². The van der Waals surface area contributed by atoms with Gasteiger partial charge in [0.05, 0.1) is 5.41 Å². The largest absolute Gasteiger partial charge is 0.441 e. The number of hydrogen-bond acceptors (Lipinski definition) is 2. The predicted octanol–water partition coefficient (Wildman–Crippen LogP) is 4.18. The van der Waals surface area contributed by atoms with E-state index in [1.807, 2.05) is 6.92 Å². The van der Waals surface area contributed by atoms with Gasteiger partial charge in [0.1, 0.15) is 11.6 Å². The van der Waals surface area contributed by atoms with E-state index >= 15 is 0 Å². The molecule has 0 saturated carbocycles. The molecular weight excluding hydrogens is 274 g/mol. The highest BCUT2D eigenvalue weighted by Crippen LogP contribution is 2.31. The van der Waals surface area contributed by atoms with E-state index in [4.69, 9.17) is 4.74 Å². The highest BCUT2D eigenvalue weighted by atomic mass is 19.1. The Morgan fingerprint density at radius 1 is 1.19 bits per heavy atom. The summed E-state index contributed by atoms with van der Waals surface area (Å²) in [5, 5.41) is 0. The van der Waals surface area contributed by atoms with Crippen LogP contribution in [0.1, 0.15) is 46.6 Å². The first-order valence-electron chi connectivity index (χ1n) is 6.78. The van der Waals surface area contributed by atoms with Crippen molar-refractivity contribution in [2.75, 3.05) is 0 Å². The van der Waals surface area contributed by atoms with Crippen LogP contribution in [0.25, 0.3) is 0 Å². The second kappa shape index (κ2) is 6.26. The van der Waals surface area contributed by atoms with Crippen molar-refractivity contribution in [1.29, 1.82) is 0 Å². The van der Waals surface area contributed by atoms with E-state index < -0.39 is 28.6 Å². The molecule has 0 heterocycles. The molecule has 1 rings (SSSR count). The summed E-state index contributed by atoms with van der Waals surface area (Å²) in [6.45, 7) is 8.47. The average molecular weight is 294 g/mol. The number of benzene rings is 1. The van der Waals surface area contributed by atoms with Crippen molar-refractivity contribution in [3.8, 4) is 11.8 Å². The molecule has 1 atom stereocenters. The molecule has 4 heteroatoms. The Hall–Kier alpha value is -1.89. The minimum atomic E-state index is -1.39. The van der Waals surface area contributed by atoms with Gasteiger partial charge in [-0.1, -0.05) is 12.8 Å². The molecule has 0 N–H and O–H groups in total. The van der Waals surface area contributed by atoms with E-state index in [-0.39, 0.29) is 5.56 Å². The van der Waals surface area contributed by atoms with Crippen LogP contribution >= 0.6 is 0 Å². The van der Waals surface area contributed by atoms with Gasteiger partial charge in [-0.15, -0.1) is 5.92 Å². The molecule has 114 valence electrons. The van der Waals surface area contributed by atoms with Gasteiger partial charge in [0.25, 0.3) is 0 Å². The first-order chi connectivity index (χ1) is 9.64. The lowest BCUT2D eigenvalue weighted by Gasteiger charge is -2.30. The maximum Gasteiger partial charge on any atom is 0.313 e. The number of carbonyl (C=O) groups is 1. The molecular formula is C17H20F2O2. The number of esters is 1. The van der Waals surface area contributed by atoms with E-state index in [9.17, 15) is 13.6 Å². The van der Waals surface area contributed by atoms with Crippen molar-refractivity contribution >= 4 is 5.97 Å². The molecule has 0 aliphatic heterocycles. The second-order valence-corrected chi connectivity index (χ2v) is 5.69. The maximum atomic E-state index is 13.4. The van der Waals surface area contributed by atoms with Gasteiger partial charge >= 0.3 is 5.97 Å². The van der Waals surface area contributed by atoms with Gasteiger partial charge in [-0.05, 0) is 46.2 Å². The summed E-state index contributed by atoms with van der Waals surface area (Å²) >= 11 is 0. The standard InChI is InChI=1S/C17H20F2O2/c1-6-8-17(5,21-15(20)16(3,4)7-2)12-9-13(18)11-14(19)10-12/h9-11H,7H2,1-5H3. The van der Waals surface area contributed by atoms with Crippen LogP contribution in [0.15, 0.2) is 18.2 Å². The van der Waals surface area contributed by atoms with Crippen molar-refractivity contribution in [1.82, 2.24) is 0 Å². The van der Waals surface area contributed by atoms with Crippen LogP contribution in [-0.2, 0) is 15.1 Å². The number of hydrogen-bond donors (Lipinski definition) is 0. The van der Waals surface area contributed by atoms with Crippen LogP contribution < -0.4 is 0 Å². The molecule has 0 aliphatic rings. The van der Waals surface area contributed by atoms with Gasteiger partial charge in [0.2, 0.25) is 0 Å². The second-order valence-electron chi connectivity index (χ2n) is 5.69. The molecule has 0 bridgehead atoms. The molecule has 1 unspecified atom stereocenters. The topological polar surface area (TPSA) is 26.3 Å². The fraction of sp³-hybridized carbons (Fsp3) is 0.471. The molecule has 0 fully saturated rings. The van der Waals surface area contributed by atoms with Crippen LogP contribution in [0, 0.1) is 28.9 Å². The van der Waals surface area contributed by atoms with E-state index in [2.05, 4.69) is 11.8 Å². The van der Waals surface area contributed by atoms with Gasteiger partial charge in [0.15, 0.2) is 5.60 Å². The zero-order valence-electron chi connectivity index (χ0n) is 13.0. The third kappa shape index (κ3) is 4.04. The molecule has 0 saturated heterocycles. The molecule has 1 aromatic rings. The SMILES string of the molecule is CC#CC(C)(OC(=O)C(C)(C)CC)c1cc(F)cc(F)c1. The molecule has 0 spiro atoms. The molecule has 0 aromatic heterocycles. The molecule has 0 radical (unpaired) electrons. The third-order valence-electron chi connectivity index (χ3n) is 3.51. The summed E-state index contributed by atoms with van der Waals surface area (Å²) in [6.07, 6.45) is 0.582. The lowest BCUT2D eigenvalue weighted by Crippen LogP contribution is -2.35. The monoisotopic (exact) mass is 294 g/mol.